The van der Waals surface area contributed by atoms with E-state index in [4.69, 9.17) is 4.74 Å². The number of nitrogens with one attached hydrogen (secondary N) is 3. The Labute approximate surface area is 206 Å². The van der Waals surface area contributed by atoms with Gasteiger partial charge in [-0.25, -0.2) is 4.79 Å². The Kier molecular flexibility index (Phi) is 12.7. The van der Waals surface area contributed by atoms with Crippen LogP contribution in [0.3, 0.4) is 0 Å². The van der Waals surface area contributed by atoms with Gasteiger partial charge in [0.05, 0.1) is 32.7 Å². The smallest absolute Gasteiger partial charge is 0.328 e. The van der Waals surface area contributed by atoms with E-state index >= 15 is 0 Å². The number of methoxy groups -OCH3 is 2. The van der Waals surface area contributed by atoms with Crippen molar-refractivity contribution in [1.82, 2.24) is 20.9 Å². The highest BCUT2D eigenvalue weighted by atomic mass is 16.5. The van der Waals surface area contributed by atoms with Crippen LogP contribution in [0.4, 0.5) is 0 Å². The first-order valence-corrected chi connectivity index (χ1v) is 11.9. The molecule has 5 atom stereocenters. The van der Waals surface area contributed by atoms with Crippen molar-refractivity contribution >= 4 is 29.7 Å². The van der Waals surface area contributed by atoms with E-state index in [2.05, 4.69) is 20.7 Å². The molecule has 0 aromatic rings. The molecule has 0 aliphatic carbocycles. The molecule has 0 aromatic carbocycles. The zero-order chi connectivity index (χ0) is 26.7. The van der Waals surface area contributed by atoms with E-state index in [0.717, 1.165) is 0 Å². The molecule has 1 fully saturated rings. The average molecular weight is 501 g/mol. The number of rotatable bonds is 13. The second-order valence-electron chi connectivity index (χ2n) is 9.19. The standard InChI is InChI=1S/C23H40N4O8/c1-13(2)11-17(23(33)35-6)26-21(31)15(4)27-14(3)12-16(22(27)32)25-19(29)9-10-24-18(28)7-8-20(30)34-5/h13-17,22,32H,7-12H2,1-6H3,(H,24,28)(H,25,29)(H,26,31). The number of ether oxygens (including phenoxy) is 2. The molecular weight excluding hydrogens is 460 g/mol. The molecule has 0 spiro atoms. The van der Waals surface area contributed by atoms with E-state index in [9.17, 15) is 29.1 Å². The summed E-state index contributed by atoms with van der Waals surface area (Å²) >= 11 is 0. The van der Waals surface area contributed by atoms with Crippen LogP contribution in [0.15, 0.2) is 0 Å². The third kappa shape index (κ3) is 9.81. The molecule has 5 unspecified atom stereocenters. The number of aliphatic hydroxyl groups excluding tert-OH is 1. The fraction of sp³-hybridized carbons (Fsp3) is 0.783. The predicted octanol–water partition coefficient (Wildman–Crippen LogP) is -0.564. The van der Waals surface area contributed by atoms with Crippen LogP contribution in [-0.2, 0) is 33.4 Å². The third-order valence-corrected chi connectivity index (χ3v) is 5.91. The van der Waals surface area contributed by atoms with Crippen LogP contribution in [0.5, 0.6) is 0 Å². The normalized spacial score (nSPS) is 21.7. The minimum Gasteiger partial charge on any atom is -0.469 e. The number of hydrogen-bond acceptors (Lipinski definition) is 9. The van der Waals surface area contributed by atoms with Crippen LogP contribution in [0, 0.1) is 5.92 Å². The fourth-order valence-corrected chi connectivity index (χ4v) is 4.08. The SMILES string of the molecule is COC(=O)CCC(=O)NCCC(=O)NC1CC(C)N(C(C)C(=O)NC(CC(C)C)C(=O)OC)C1O. The molecule has 1 rings (SSSR count). The first-order valence-electron chi connectivity index (χ1n) is 11.9. The maximum atomic E-state index is 12.9. The molecule has 35 heavy (non-hydrogen) atoms. The summed E-state index contributed by atoms with van der Waals surface area (Å²) in [6.45, 7) is 7.41. The van der Waals surface area contributed by atoms with Gasteiger partial charge in [-0.1, -0.05) is 13.8 Å². The Balaban J connectivity index is 2.59. The van der Waals surface area contributed by atoms with Gasteiger partial charge in [0.2, 0.25) is 17.7 Å². The molecule has 0 aromatic heterocycles. The number of carbonyl (C=O) groups is 5. The quantitative estimate of drug-likeness (QED) is 0.243. The summed E-state index contributed by atoms with van der Waals surface area (Å²) in [6, 6.07) is -2.36. The zero-order valence-corrected chi connectivity index (χ0v) is 21.5. The molecule has 200 valence electrons. The van der Waals surface area contributed by atoms with Gasteiger partial charge >= 0.3 is 11.9 Å². The highest BCUT2D eigenvalue weighted by Crippen LogP contribution is 2.26. The van der Waals surface area contributed by atoms with E-state index in [1.807, 2.05) is 20.8 Å². The van der Waals surface area contributed by atoms with E-state index in [0.29, 0.717) is 12.8 Å². The lowest BCUT2D eigenvalue weighted by Gasteiger charge is -2.32. The summed E-state index contributed by atoms with van der Waals surface area (Å²) in [7, 11) is 2.50. The van der Waals surface area contributed by atoms with Gasteiger partial charge in [-0.05, 0) is 32.6 Å². The van der Waals surface area contributed by atoms with Crippen molar-refractivity contribution in [3.63, 3.8) is 0 Å². The molecule has 4 N–H and O–H groups in total. The maximum absolute atomic E-state index is 12.9. The molecule has 1 aliphatic heterocycles. The van der Waals surface area contributed by atoms with Crippen molar-refractivity contribution in [1.29, 1.82) is 0 Å². The lowest BCUT2D eigenvalue weighted by Crippen LogP contribution is -2.55. The van der Waals surface area contributed by atoms with Gasteiger partial charge in [-0.2, -0.15) is 0 Å². The monoisotopic (exact) mass is 500 g/mol. The number of carbonyl (C=O) groups excluding carboxylic acids is 5. The highest BCUT2D eigenvalue weighted by Gasteiger charge is 2.43. The summed E-state index contributed by atoms with van der Waals surface area (Å²) in [4.78, 5) is 61.6. The van der Waals surface area contributed by atoms with Gasteiger partial charge < -0.3 is 30.5 Å². The first kappa shape index (κ1) is 30.3. The van der Waals surface area contributed by atoms with Gasteiger partial charge in [-0.3, -0.25) is 24.1 Å². The predicted molar refractivity (Wildman–Crippen MR) is 126 cm³/mol. The minimum absolute atomic E-state index is 0.00633. The Hall–Kier alpha value is -2.73. The molecule has 0 bridgehead atoms. The zero-order valence-electron chi connectivity index (χ0n) is 21.5. The van der Waals surface area contributed by atoms with Crippen LogP contribution >= 0.6 is 0 Å². The summed E-state index contributed by atoms with van der Waals surface area (Å²) in [6.07, 6.45) is -0.348. The van der Waals surface area contributed by atoms with Crippen molar-refractivity contribution in [2.24, 2.45) is 5.92 Å². The van der Waals surface area contributed by atoms with Crippen molar-refractivity contribution in [3.8, 4) is 0 Å². The number of esters is 2. The van der Waals surface area contributed by atoms with E-state index < -0.39 is 42.2 Å². The number of likely N-dealkylation sites (tertiary alicyclic amines) is 1. The van der Waals surface area contributed by atoms with Crippen LogP contribution in [-0.4, -0.2) is 90.8 Å². The number of aliphatic hydroxyl groups is 1. The lowest BCUT2D eigenvalue weighted by molar-refractivity contribution is -0.147. The second-order valence-corrected chi connectivity index (χ2v) is 9.19. The fourth-order valence-electron chi connectivity index (χ4n) is 4.08. The molecule has 12 heteroatoms. The highest BCUT2D eigenvalue weighted by molar-refractivity contribution is 5.87. The molecule has 12 nitrogen and oxygen atoms in total. The summed E-state index contributed by atoms with van der Waals surface area (Å²) in [5, 5.41) is 18.8. The molecule has 0 saturated carbocycles. The van der Waals surface area contributed by atoms with Gasteiger partial charge in [0.1, 0.15) is 12.3 Å². The Morgan fingerprint density at radius 1 is 1.00 bits per heavy atom. The van der Waals surface area contributed by atoms with Gasteiger partial charge in [0.25, 0.3) is 0 Å². The van der Waals surface area contributed by atoms with Crippen LogP contribution in [0.1, 0.15) is 59.8 Å². The first-order chi connectivity index (χ1) is 16.4. The lowest BCUT2D eigenvalue weighted by atomic mass is 10.0. The van der Waals surface area contributed by atoms with E-state index in [1.54, 1.807) is 11.8 Å². The van der Waals surface area contributed by atoms with Crippen LogP contribution in [0.25, 0.3) is 0 Å². The summed E-state index contributed by atoms with van der Waals surface area (Å²) in [5.41, 5.74) is 0. The number of amides is 3. The molecule has 1 aliphatic rings. The Morgan fingerprint density at radius 2 is 1.66 bits per heavy atom. The molecular formula is C23H40N4O8. The van der Waals surface area contributed by atoms with Crippen molar-refractivity contribution in [3.05, 3.63) is 0 Å². The topological polar surface area (TPSA) is 163 Å². The largest absolute Gasteiger partial charge is 0.469 e. The Morgan fingerprint density at radius 3 is 2.23 bits per heavy atom. The van der Waals surface area contributed by atoms with Gasteiger partial charge in [0.15, 0.2) is 0 Å². The van der Waals surface area contributed by atoms with E-state index in [-0.39, 0.29) is 49.6 Å². The Bertz CT molecular complexity index is 760. The second kappa shape index (κ2) is 14.6. The van der Waals surface area contributed by atoms with Crippen LogP contribution in [0.2, 0.25) is 0 Å². The van der Waals surface area contributed by atoms with Crippen LogP contribution < -0.4 is 16.0 Å². The van der Waals surface area contributed by atoms with Gasteiger partial charge in [-0.15, -0.1) is 0 Å². The molecule has 0 radical (unpaired) electrons. The number of hydrogen-bond donors (Lipinski definition) is 4. The molecule has 1 heterocycles. The number of nitrogens with zero attached hydrogens (tertiary/aromatic N) is 1. The van der Waals surface area contributed by atoms with Crippen molar-refractivity contribution in [2.75, 3.05) is 20.8 Å². The minimum atomic E-state index is -1.11. The molecule has 1 saturated heterocycles. The summed E-state index contributed by atoms with van der Waals surface area (Å²) < 4.78 is 9.26. The summed E-state index contributed by atoms with van der Waals surface area (Å²) in [5.74, 6) is -2.02. The average Bonchev–Trinajstić information content (AvgIpc) is 3.07. The van der Waals surface area contributed by atoms with Gasteiger partial charge in [0, 0.05) is 25.4 Å². The van der Waals surface area contributed by atoms with E-state index in [1.165, 1.54) is 14.2 Å². The maximum Gasteiger partial charge on any atom is 0.328 e. The third-order valence-electron chi connectivity index (χ3n) is 5.91. The molecule has 3 amide bonds. The van der Waals surface area contributed by atoms with Crippen molar-refractivity contribution in [2.45, 2.75) is 90.2 Å². The van der Waals surface area contributed by atoms with Crippen molar-refractivity contribution < 1.29 is 38.6 Å².